The van der Waals surface area contributed by atoms with Gasteiger partial charge in [0.25, 0.3) is 5.22 Å². The van der Waals surface area contributed by atoms with Crippen molar-refractivity contribution >= 4 is 28.4 Å². The first-order chi connectivity index (χ1) is 14.1. The number of nitriles is 1. The molecule has 0 bridgehead atoms. The average molecular weight is 403 g/mol. The maximum Gasteiger partial charge on any atom is 0.277 e. The Morgan fingerprint density at radius 2 is 1.93 bits per heavy atom. The number of aliphatic hydroxyl groups excluding tert-OH is 1. The summed E-state index contributed by atoms with van der Waals surface area (Å²) in [4.78, 5) is 7.46. The molecule has 0 aliphatic carbocycles. The molecule has 4 rings (SSSR count). The van der Waals surface area contributed by atoms with Gasteiger partial charge in [-0.25, -0.2) is 4.98 Å². The molecule has 0 spiro atoms. The Balaban J connectivity index is 1.59. The van der Waals surface area contributed by atoms with Gasteiger partial charge in [0.2, 0.25) is 5.89 Å². The van der Waals surface area contributed by atoms with Gasteiger partial charge in [0.15, 0.2) is 5.82 Å². The summed E-state index contributed by atoms with van der Waals surface area (Å²) in [6.45, 7) is 3.73. The number of aromatic amines is 1. The lowest BCUT2D eigenvalue weighted by Crippen LogP contribution is -2.04. The van der Waals surface area contributed by atoms with Crippen molar-refractivity contribution in [2.75, 3.05) is 0 Å². The van der Waals surface area contributed by atoms with Crippen molar-refractivity contribution in [3.63, 3.8) is 0 Å². The van der Waals surface area contributed by atoms with E-state index in [0.29, 0.717) is 16.9 Å². The number of imidazole rings is 1. The molecule has 2 N–H and O–H groups in total. The molecule has 0 aliphatic heterocycles. The van der Waals surface area contributed by atoms with E-state index in [1.807, 2.05) is 61.5 Å². The Morgan fingerprint density at radius 3 is 2.69 bits per heavy atom. The van der Waals surface area contributed by atoms with E-state index in [4.69, 9.17) is 4.42 Å². The standard InChI is InChI=1S/C21H17N5O2S/c1-12-7-3-4-8-14(12)20-25-26-21(28-20)29-13(2)18(27)15(11-22)19-23-16-9-5-6-10-17(16)24-19/h3-10,13,27H,1-2H3,(H,23,24)/b18-15-/t13-/m0/s1. The van der Waals surface area contributed by atoms with Crippen LogP contribution in [0.2, 0.25) is 0 Å². The molecule has 0 saturated heterocycles. The number of para-hydroxylation sites is 2. The van der Waals surface area contributed by atoms with Crippen LogP contribution in [0.1, 0.15) is 18.3 Å². The normalized spacial score (nSPS) is 13.1. The first-order valence-electron chi connectivity index (χ1n) is 8.91. The number of aliphatic hydroxyl groups is 1. The molecule has 0 aliphatic rings. The molecule has 0 unspecified atom stereocenters. The Hall–Kier alpha value is -3.57. The number of allylic oxidation sites excluding steroid dienone is 1. The summed E-state index contributed by atoms with van der Waals surface area (Å²) in [5.74, 6) is 0.635. The van der Waals surface area contributed by atoms with Crippen LogP contribution >= 0.6 is 11.8 Å². The third kappa shape index (κ3) is 3.73. The molecular weight excluding hydrogens is 386 g/mol. The molecule has 4 aromatic rings. The van der Waals surface area contributed by atoms with Gasteiger partial charge < -0.3 is 14.5 Å². The summed E-state index contributed by atoms with van der Waals surface area (Å²) in [6, 6.07) is 17.2. The lowest BCUT2D eigenvalue weighted by Gasteiger charge is -2.09. The zero-order valence-electron chi connectivity index (χ0n) is 15.7. The van der Waals surface area contributed by atoms with E-state index in [-0.39, 0.29) is 11.3 Å². The van der Waals surface area contributed by atoms with Crippen LogP contribution in [0.25, 0.3) is 28.1 Å². The molecule has 0 radical (unpaired) electrons. The third-order valence-electron chi connectivity index (χ3n) is 4.44. The number of nitrogens with one attached hydrogen (secondary N) is 1. The molecule has 0 saturated carbocycles. The maximum atomic E-state index is 10.7. The van der Waals surface area contributed by atoms with Crippen LogP contribution in [0.4, 0.5) is 0 Å². The summed E-state index contributed by atoms with van der Waals surface area (Å²) in [5, 5.41) is 28.2. The van der Waals surface area contributed by atoms with Crippen LogP contribution in [0.3, 0.4) is 0 Å². The van der Waals surface area contributed by atoms with Crippen molar-refractivity contribution in [3.8, 4) is 17.5 Å². The molecule has 29 heavy (non-hydrogen) atoms. The topological polar surface area (TPSA) is 112 Å². The summed E-state index contributed by atoms with van der Waals surface area (Å²) in [6.07, 6.45) is 0. The van der Waals surface area contributed by atoms with Crippen molar-refractivity contribution in [1.82, 2.24) is 20.2 Å². The number of aromatic nitrogens is 4. The van der Waals surface area contributed by atoms with Gasteiger partial charge in [-0.05, 0) is 37.6 Å². The van der Waals surface area contributed by atoms with Crippen LogP contribution in [0, 0.1) is 18.3 Å². The average Bonchev–Trinajstić information content (AvgIpc) is 3.35. The molecule has 2 aromatic heterocycles. The van der Waals surface area contributed by atoms with Gasteiger partial charge in [-0.1, -0.05) is 42.1 Å². The molecule has 0 amide bonds. The SMILES string of the molecule is Cc1ccccc1-c1nnc(S[C@@H](C)/C(O)=C(\C#N)c2nc3ccccc3[nH]2)o1. The fraction of sp³-hybridized carbons (Fsp3) is 0.143. The Labute approximate surface area is 171 Å². The highest BCUT2D eigenvalue weighted by atomic mass is 32.2. The first-order valence-corrected chi connectivity index (χ1v) is 9.79. The van der Waals surface area contributed by atoms with E-state index in [1.165, 1.54) is 11.8 Å². The maximum absolute atomic E-state index is 10.7. The van der Waals surface area contributed by atoms with Gasteiger partial charge in [0, 0.05) is 5.56 Å². The van der Waals surface area contributed by atoms with Gasteiger partial charge in [0.1, 0.15) is 17.4 Å². The number of hydrogen-bond acceptors (Lipinski definition) is 7. The molecule has 2 aromatic carbocycles. The van der Waals surface area contributed by atoms with Crippen molar-refractivity contribution < 1.29 is 9.52 Å². The number of rotatable bonds is 5. The fourth-order valence-electron chi connectivity index (χ4n) is 2.89. The van der Waals surface area contributed by atoms with Crippen molar-refractivity contribution in [2.45, 2.75) is 24.3 Å². The highest BCUT2D eigenvalue weighted by Crippen LogP contribution is 2.32. The number of aryl methyl sites for hydroxylation is 1. The molecule has 8 heteroatoms. The Bertz CT molecular complexity index is 1220. The monoisotopic (exact) mass is 403 g/mol. The predicted octanol–water partition coefficient (Wildman–Crippen LogP) is 4.89. The Kier molecular flexibility index (Phi) is 5.06. The quantitative estimate of drug-likeness (QED) is 0.277. The number of H-pyrrole nitrogens is 1. The van der Waals surface area contributed by atoms with E-state index in [9.17, 15) is 10.4 Å². The summed E-state index contributed by atoms with van der Waals surface area (Å²) in [5.41, 5.74) is 3.49. The number of nitrogens with zero attached hydrogens (tertiary/aromatic N) is 4. The van der Waals surface area contributed by atoms with Gasteiger partial charge in [0.05, 0.1) is 16.3 Å². The van der Waals surface area contributed by atoms with E-state index >= 15 is 0 Å². The van der Waals surface area contributed by atoms with Gasteiger partial charge in [-0.15, -0.1) is 10.2 Å². The van der Waals surface area contributed by atoms with Crippen molar-refractivity contribution in [1.29, 1.82) is 5.26 Å². The predicted molar refractivity (Wildman–Crippen MR) is 111 cm³/mol. The largest absolute Gasteiger partial charge is 0.510 e. The second-order valence-electron chi connectivity index (χ2n) is 6.42. The summed E-state index contributed by atoms with van der Waals surface area (Å²) < 4.78 is 5.74. The minimum Gasteiger partial charge on any atom is -0.510 e. The number of hydrogen-bond donors (Lipinski definition) is 2. The minimum absolute atomic E-state index is 0.0832. The second-order valence-corrected chi connectivity index (χ2v) is 7.71. The van der Waals surface area contributed by atoms with E-state index in [1.54, 1.807) is 6.92 Å². The van der Waals surface area contributed by atoms with Crippen LogP contribution < -0.4 is 0 Å². The van der Waals surface area contributed by atoms with Gasteiger partial charge in [-0.2, -0.15) is 5.26 Å². The van der Waals surface area contributed by atoms with Crippen LogP contribution in [-0.2, 0) is 0 Å². The number of fused-ring (bicyclic) bond motifs is 1. The molecule has 0 fully saturated rings. The molecule has 1 atom stereocenters. The number of benzene rings is 2. The third-order valence-corrected chi connectivity index (χ3v) is 5.38. The number of thioether (sulfide) groups is 1. The lowest BCUT2D eigenvalue weighted by atomic mass is 10.1. The lowest BCUT2D eigenvalue weighted by molar-refractivity contribution is 0.399. The summed E-state index contributed by atoms with van der Waals surface area (Å²) in [7, 11) is 0. The fourth-order valence-corrected chi connectivity index (χ4v) is 3.64. The van der Waals surface area contributed by atoms with Gasteiger partial charge in [-0.3, -0.25) is 0 Å². The highest BCUT2D eigenvalue weighted by Gasteiger charge is 2.21. The second kappa shape index (κ2) is 7.81. The minimum atomic E-state index is -0.483. The van der Waals surface area contributed by atoms with E-state index in [2.05, 4.69) is 20.2 Å². The zero-order chi connectivity index (χ0) is 20.4. The van der Waals surface area contributed by atoms with Crippen LogP contribution in [-0.4, -0.2) is 30.5 Å². The smallest absolute Gasteiger partial charge is 0.277 e. The van der Waals surface area contributed by atoms with E-state index in [0.717, 1.165) is 22.2 Å². The molecule has 2 heterocycles. The molecule has 7 nitrogen and oxygen atoms in total. The summed E-state index contributed by atoms with van der Waals surface area (Å²) >= 11 is 1.18. The highest BCUT2D eigenvalue weighted by molar-refractivity contribution is 7.99. The molecular formula is C21H17N5O2S. The van der Waals surface area contributed by atoms with Gasteiger partial charge >= 0.3 is 0 Å². The first kappa shape index (κ1) is 18.8. The van der Waals surface area contributed by atoms with Crippen LogP contribution in [0.15, 0.2) is 63.9 Å². The Morgan fingerprint density at radius 1 is 1.17 bits per heavy atom. The van der Waals surface area contributed by atoms with Crippen molar-refractivity contribution in [3.05, 3.63) is 65.7 Å². The zero-order valence-corrected chi connectivity index (χ0v) is 16.6. The van der Waals surface area contributed by atoms with Crippen LogP contribution in [0.5, 0.6) is 0 Å². The van der Waals surface area contributed by atoms with Crippen molar-refractivity contribution in [2.24, 2.45) is 0 Å². The van der Waals surface area contributed by atoms with E-state index < -0.39 is 5.25 Å². The molecule has 144 valence electrons.